The SMILES string of the molecule is COc1ccccc1CCNC(=O)c1c[nH]c(=O)n(Cc2ccccn2)c1=O. The maximum atomic E-state index is 12.6. The van der Waals surface area contributed by atoms with Gasteiger partial charge >= 0.3 is 5.69 Å². The molecule has 8 nitrogen and oxygen atoms in total. The third-order valence-electron chi connectivity index (χ3n) is 4.22. The summed E-state index contributed by atoms with van der Waals surface area (Å²) < 4.78 is 6.24. The number of benzene rings is 1. The third-order valence-corrected chi connectivity index (χ3v) is 4.22. The molecule has 3 rings (SSSR count). The van der Waals surface area contributed by atoms with E-state index in [-0.39, 0.29) is 12.1 Å². The van der Waals surface area contributed by atoms with E-state index in [1.54, 1.807) is 31.5 Å². The molecule has 1 amide bonds. The first-order chi connectivity index (χ1) is 13.6. The summed E-state index contributed by atoms with van der Waals surface area (Å²) in [5, 5.41) is 2.70. The predicted molar refractivity (Wildman–Crippen MR) is 104 cm³/mol. The summed E-state index contributed by atoms with van der Waals surface area (Å²) in [6.07, 6.45) is 3.25. The van der Waals surface area contributed by atoms with Gasteiger partial charge in [0.15, 0.2) is 0 Å². The van der Waals surface area contributed by atoms with E-state index in [1.807, 2.05) is 24.3 Å². The molecule has 0 radical (unpaired) electrons. The standard InChI is InChI=1S/C20H20N4O4/c1-28-17-8-3-2-6-14(17)9-11-22-18(25)16-12-23-20(27)24(19(16)26)13-15-7-4-5-10-21-15/h2-8,10,12H,9,11,13H2,1H3,(H,22,25)(H,23,27). The maximum absolute atomic E-state index is 12.6. The number of rotatable bonds is 7. The molecule has 2 heterocycles. The molecule has 2 N–H and O–H groups in total. The van der Waals surface area contributed by atoms with Gasteiger partial charge in [-0.25, -0.2) is 4.79 Å². The largest absolute Gasteiger partial charge is 0.496 e. The lowest BCUT2D eigenvalue weighted by molar-refractivity contribution is 0.0951. The average molecular weight is 380 g/mol. The van der Waals surface area contributed by atoms with Gasteiger partial charge < -0.3 is 15.0 Å². The number of methoxy groups -OCH3 is 1. The van der Waals surface area contributed by atoms with Crippen molar-refractivity contribution >= 4 is 5.91 Å². The Balaban J connectivity index is 1.72. The molecule has 0 bridgehead atoms. The molecule has 0 aliphatic heterocycles. The normalized spacial score (nSPS) is 10.5. The van der Waals surface area contributed by atoms with Gasteiger partial charge in [-0.1, -0.05) is 24.3 Å². The second kappa shape index (κ2) is 8.81. The molecule has 0 atom stereocenters. The lowest BCUT2D eigenvalue weighted by Crippen LogP contribution is -2.41. The Morgan fingerprint density at radius 2 is 1.96 bits per heavy atom. The summed E-state index contributed by atoms with van der Waals surface area (Å²) in [5.74, 6) is 0.185. The first-order valence-electron chi connectivity index (χ1n) is 8.72. The zero-order valence-electron chi connectivity index (χ0n) is 15.3. The molecular formula is C20H20N4O4. The van der Waals surface area contributed by atoms with E-state index in [0.29, 0.717) is 18.7 Å². The van der Waals surface area contributed by atoms with Gasteiger partial charge in [-0.2, -0.15) is 0 Å². The summed E-state index contributed by atoms with van der Waals surface area (Å²) in [7, 11) is 1.59. The summed E-state index contributed by atoms with van der Waals surface area (Å²) in [6, 6.07) is 12.7. The molecule has 144 valence electrons. The van der Waals surface area contributed by atoms with Crippen molar-refractivity contribution in [3.8, 4) is 5.75 Å². The Bertz CT molecular complexity index is 1070. The number of para-hydroxylation sites is 1. The zero-order valence-corrected chi connectivity index (χ0v) is 15.3. The number of nitrogens with one attached hydrogen (secondary N) is 2. The van der Waals surface area contributed by atoms with Crippen LogP contribution in [0.15, 0.2) is 64.4 Å². The smallest absolute Gasteiger partial charge is 0.328 e. The number of ether oxygens (including phenoxy) is 1. The summed E-state index contributed by atoms with van der Waals surface area (Å²) in [6.45, 7) is 0.301. The molecule has 0 unspecified atom stereocenters. The van der Waals surface area contributed by atoms with Gasteiger partial charge in [0.2, 0.25) is 0 Å². The van der Waals surface area contributed by atoms with Crippen LogP contribution in [-0.2, 0) is 13.0 Å². The quantitative estimate of drug-likeness (QED) is 0.635. The van der Waals surface area contributed by atoms with Crippen LogP contribution in [0.4, 0.5) is 0 Å². The lowest BCUT2D eigenvalue weighted by atomic mass is 10.1. The molecule has 3 aromatic rings. The monoisotopic (exact) mass is 380 g/mol. The van der Waals surface area contributed by atoms with Crippen molar-refractivity contribution in [3.05, 3.63) is 92.5 Å². The second-order valence-corrected chi connectivity index (χ2v) is 6.04. The molecule has 0 spiro atoms. The highest BCUT2D eigenvalue weighted by Crippen LogP contribution is 2.17. The highest BCUT2D eigenvalue weighted by atomic mass is 16.5. The van der Waals surface area contributed by atoms with Gasteiger partial charge in [0.25, 0.3) is 11.5 Å². The van der Waals surface area contributed by atoms with Gasteiger partial charge in [-0.15, -0.1) is 0 Å². The number of hydrogen-bond acceptors (Lipinski definition) is 5. The molecule has 0 fully saturated rings. The Hall–Kier alpha value is -3.68. The van der Waals surface area contributed by atoms with Crippen molar-refractivity contribution in [2.24, 2.45) is 0 Å². The highest BCUT2D eigenvalue weighted by Gasteiger charge is 2.15. The zero-order chi connectivity index (χ0) is 19.9. The summed E-state index contributed by atoms with van der Waals surface area (Å²) in [4.78, 5) is 43.6. The number of aromatic amines is 1. The lowest BCUT2D eigenvalue weighted by Gasteiger charge is -2.10. The summed E-state index contributed by atoms with van der Waals surface area (Å²) in [5.41, 5.74) is 0.101. The van der Waals surface area contributed by atoms with Crippen LogP contribution in [-0.4, -0.2) is 34.1 Å². The minimum Gasteiger partial charge on any atom is -0.496 e. The van der Waals surface area contributed by atoms with Crippen molar-refractivity contribution in [3.63, 3.8) is 0 Å². The molecule has 0 aliphatic carbocycles. The van der Waals surface area contributed by atoms with Gasteiger partial charge in [0.1, 0.15) is 11.3 Å². The fraction of sp³-hybridized carbons (Fsp3) is 0.200. The van der Waals surface area contributed by atoms with Crippen LogP contribution in [0.2, 0.25) is 0 Å². The molecule has 0 aliphatic rings. The van der Waals surface area contributed by atoms with E-state index in [4.69, 9.17) is 4.74 Å². The molecular weight excluding hydrogens is 360 g/mol. The summed E-state index contributed by atoms with van der Waals surface area (Å²) >= 11 is 0. The number of aromatic nitrogens is 3. The van der Waals surface area contributed by atoms with Gasteiger partial charge in [0.05, 0.1) is 19.3 Å². The molecule has 1 aromatic carbocycles. The minimum atomic E-state index is -0.663. The van der Waals surface area contributed by atoms with Gasteiger partial charge in [0, 0.05) is 18.9 Å². The van der Waals surface area contributed by atoms with E-state index in [9.17, 15) is 14.4 Å². The van der Waals surface area contributed by atoms with Crippen molar-refractivity contribution in [2.75, 3.05) is 13.7 Å². The van der Waals surface area contributed by atoms with Crippen molar-refractivity contribution in [2.45, 2.75) is 13.0 Å². The number of nitrogens with zero attached hydrogens (tertiary/aromatic N) is 2. The number of carbonyl (C=O) groups is 1. The van der Waals surface area contributed by atoms with E-state index in [0.717, 1.165) is 22.1 Å². The number of amides is 1. The third kappa shape index (κ3) is 4.35. The molecule has 28 heavy (non-hydrogen) atoms. The second-order valence-electron chi connectivity index (χ2n) is 6.04. The Kier molecular flexibility index (Phi) is 6.01. The number of hydrogen-bond donors (Lipinski definition) is 2. The van der Waals surface area contributed by atoms with E-state index in [1.165, 1.54) is 0 Å². The van der Waals surface area contributed by atoms with Crippen LogP contribution >= 0.6 is 0 Å². The number of pyridine rings is 1. The van der Waals surface area contributed by atoms with Crippen molar-refractivity contribution in [1.29, 1.82) is 0 Å². The fourth-order valence-electron chi connectivity index (χ4n) is 2.79. The number of H-pyrrole nitrogens is 1. The Morgan fingerprint density at radius 3 is 2.71 bits per heavy atom. The predicted octanol–water partition coefficient (Wildman–Crippen LogP) is 0.961. The van der Waals surface area contributed by atoms with Crippen LogP contribution in [0.5, 0.6) is 5.75 Å². The molecule has 8 heteroatoms. The molecule has 2 aromatic heterocycles. The topological polar surface area (TPSA) is 106 Å². The Labute approximate surface area is 160 Å². The Morgan fingerprint density at radius 1 is 1.18 bits per heavy atom. The molecule has 0 saturated heterocycles. The van der Waals surface area contributed by atoms with E-state index < -0.39 is 17.2 Å². The van der Waals surface area contributed by atoms with Gasteiger partial charge in [-0.3, -0.25) is 19.1 Å². The number of carbonyl (C=O) groups excluding carboxylic acids is 1. The van der Waals surface area contributed by atoms with Crippen LogP contribution in [0.1, 0.15) is 21.6 Å². The van der Waals surface area contributed by atoms with Crippen LogP contribution in [0.25, 0.3) is 0 Å². The van der Waals surface area contributed by atoms with Crippen LogP contribution in [0.3, 0.4) is 0 Å². The van der Waals surface area contributed by atoms with E-state index >= 15 is 0 Å². The van der Waals surface area contributed by atoms with Crippen LogP contribution in [0, 0.1) is 0 Å². The first kappa shape index (κ1) is 19.1. The maximum Gasteiger partial charge on any atom is 0.328 e. The van der Waals surface area contributed by atoms with Gasteiger partial charge in [-0.05, 0) is 30.2 Å². The fourth-order valence-corrected chi connectivity index (χ4v) is 2.79. The van der Waals surface area contributed by atoms with Crippen molar-refractivity contribution in [1.82, 2.24) is 19.9 Å². The van der Waals surface area contributed by atoms with E-state index in [2.05, 4.69) is 15.3 Å². The first-order valence-corrected chi connectivity index (χ1v) is 8.72. The molecule has 0 saturated carbocycles. The van der Waals surface area contributed by atoms with Crippen molar-refractivity contribution < 1.29 is 9.53 Å². The van der Waals surface area contributed by atoms with Crippen LogP contribution < -0.4 is 21.3 Å². The average Bonchev–Trinajstić information content (AvgIpc) is 2.72. The minimum absolute atomic E-state index is 0.0165. The highest BCUT2D eigenvalue weighted by molar-refractivity contribution is 5.93.